The predicted molar refractivity (Wildman–Crippen MR) is 89.2 cm³/mol. The predicted octanol–water partition coefficient (Wildman–Crippen LogP) is 5.79. The Morgan fingerprint density at radius 3 is 1.83 bits per heavy atom. The molecule has 2 rings (SSSR count). The van der Waals surface area contributed by atoms with Crippen molar-refractivity contribution in [3.8, 4) is 0 Å². The van der Waals surface area contributed by atoms with Crippen molar-refractivity contribution in [2.24, 2.45) is 0 Å². The molecule has 6 heteroatoms. The molecule has 0 saturated carbocycles. The molecular formula is C12H10Br4N2. The standard InChI is InChI=1S/C6H4Br3N.C6H6BrN/c7-5-3-10-2-1-4(5)6(8)9;1-5-2-3-8-4-6(5)7/h1-3,6H;2-4H,1H3. The van der Waals surface area contributed by atoms with Crippen LogP contribution < -0.4 is 0 Å². The van der Waals surface area contributed by atoms with Crippen molar-refractivity contribution in [1.82, 2.24) is 9.97 Å². The van der Waals surface area contributed by atoms with Crippen LogP contribution in [0.1, 0.15) is 14.9 Å². The minimum absolute atomic E-state index is 0.192. The van der Waals surface area contributed by atoms with Crippen molar-refractivity contribution in [2.45, 2.75) is 10.7 Å². The van der Waals surface area contributed by atoms with Gasteiger partial charge in [0.25, 0.3) is 0 Å². The van der Waals surface area contributed by atoms with E-state index < -0.39 is 0 Å². The molecule has 2 nitrogen and oxygen atoms in total. The molecule has 0 radical (unpaired) electrons. The van der Waals surface area contributed by atoms with Crippen LogP contribution in [0.15, 0.2) is 45.9 Å². The van der Waals surface area contributed by atoms with Crippen LogP contribution >= 0.6 is 63.7 Å². The van der Waals surface area contributed by atoms with Crippen LogP contribution in [0.5, 0.6) is 0 Å². The van der Waals surface area contributed by atoms with E-state index in [1.165, 1.54) is 5.56 Å². The Hall–Kier alpha value is 0.220. The van der Waals surface area contributed by atoms with E-state index in [2.05, 4.69) is 73.7 Å². The van der Waals surface area contributed by atoms with E-state index in [0.717, 1.165) is 14.5 Å². The second kappa shape index (κ2) is 8.40. The van der Waals surface area contributed by atoms with Crippen molar-refractivity contribution < 1.29 is 0 Å². The third kappa shape index (κ3) is 5.47. The van der Waals surface area contributed by atoms with E-state index in [0.29, 0.717) is 0 Å². The molecule has 0 bridgehead atoms. The third-order valence-corrected chi connectivity index (χ3v) is 4.49. The first-order valence-corrected chi connectivity index (χ1v) is 8.37. The molecule has 0 aliphatic rings. The first-order chi connectivity index (χ1) is 8.52. The highest BCUT2D eigenvalue weighted by molar-refractivity contribution is 9.24. The third-order valence-electron chi connectivity index (χ3n) is 2.01. The van der Waals surface area contributed by atoms with Crippen molar-refractivity contribution in [2.75, 3.05) is 0 Å². The maximum atomic E-state index is 3.94. The van der Waals surface area contributed by atoms with Crippen LogP contribution in [0.2, 0.25) is 0 Å². The molecular weight excluding hydrogens is 492 g/mol. The lowest BCUT2D eigenvalue weighted by molar-refractivity contribution is 1.25. The van der Waals surface area contributed by atoms with Gasteiger partial charge in [0.2, 0.25) is 0 Å². The SMILES string of the molecule is Brc1cnccc1C(Br)Br.Cc1ccncc1Br. The van der Waals surface area contributed by atoms with Crippen LogP contribution in [-0.4, -0.2) is 9.97 Å². The van der Waals surface area contributed by atoms with Gasteiger partial charge >= 0.3 is 0 Å². The zero-order valence-electron chi connectivity index (χ0n) is 9.45. The average Bonchev–Trinajstić information content (AvgIpc) is 2.34. The summed E-state index contributed by atoms with van der Waals surface area (Å²) in [6.45, 7) is 2.03. The molecule has 0 fully saturated rings. The van der Waals surface area contributed by atoms with Gasteiger partial charge in [-0.2, -0.15) is 0 Å². The van der Waals surface area contributed by atoms with Gasteiger partial charge in [0.05, 0.1) is 3.74 Å². The van der Waals surface area contributed by atoms with E-state index in [1.54, 1.807) is 24.8 Å². The fourth-order valence-electron chi connectivity index (χ4n) is 1.01. The van der Waals surface area contributed by atoms with Gasteiger partial charge in [-0.1, -0.05) is 31.9 Å². The van der Waals surface area contributed by atoms with Gasteiger partial charge in [-0.05, 0) is 62.0 Å². The number of aromatic nitrogens is 2. The highest BCUT2D eigenvalue weighted by Gasteiger charge is 2.05. The first kappa shape index (κ1) is 16.3. The Labute approximate surface area is 140 Å². The molecule has 0 N–H and O–H groups in total. The summed E-state index contributed by atoms with van der Waals surface area (Å²) < 4.78 is 2.27. The number of halogens is 4. The summed E-state index contributed by atoms with van der Waals surface area (Å²) in [5.74, 6) is 0. The summed E-state index contributed by atoms with van der Waals surface area (Å²) >= 11 is 13.5. The number of pyridine rings is 2. The Morgan fingerprint density at radius 2 is 1.50 bits per heavy atom. The van der Waals surface area contributed by atoms with E-state index in [1.807, 2.05) is 19.1 Å². The summed E-state index contributed by atoms with van der Waals surface area (Å²) in [7, 11) is 0. The molecule has 0 aliphatic carbocycles. The zero-order valence-corrected chi connectivity index (χ0v) is 15.8. The number of hydrogen-bond acceptors (Lipinski definition) is 2. The van der Waals surface area contributed by atoms with Gasteiger partial charge in [-0.15, -0.1) is 0 Å². The molecule has 0 aliphatic heterocycles. The van der Waals surface area contributed by atoms with Crippen molar-refractivity contribution >= 4 is 63.7 Å². The smallest absolute Gasteiger partial charge is 0.0958 e. The molecule has 0 aromatic carbocycles. The normalized spacial score (nSPS) is 9.89. The van der Waals surface area contributed by atoms with Crippen molar-refractivity contribution in [1.29, 1.82) is 0 Å². The highest BCUT2D eigenvalue weighted by Crippen LogP contribution is 2.33. The zero-order chi connectivity index (χ0) is 13.5. The molecule has 0 atom stereocenters. The highest BCUT2D eigenvalue weighted by atomic mass is 79.9. The first-order valence-electron chi connectivity index (χ1n) is 4.96. The van der Waals surface area contributed by atoms with Crippen LogP contribution in [0.4, 0.5) is 0 Å². The van der Waals surface area contributed by atoms with E-state index in [9.17, 15) is 0 Å². The quantitative estimate of drug-likeness (QED) is 0.463. The molecule has 2 heterocycles. The summed E-state index contributed by atoms with van der Waals surface area (Å²) in [4.78, 5) is 7.84. The summed E-state index contributed by atoms with van der Waals surface area (Å²) in [6, 6.07) is 3.91. The lowest BCUT2D eigenvalue weighted by atomic mass is 10.3. The maximum Gasteiger partial charge on any atom is 0.0958 e. The second-order valence-electron chi connectivity index (χ2n) is 3.32. The van der Waals surface area contributed by atoms with Crippen molar-refractivity contribution in [3.05, 3.63) is 57.0 Å². The topological polar surface area (TPSA) is 25.8 Å². The number of nitrogens with zero attached hydrogens (tertiary/aromatic N) is 2. The van der Waals surface area contributed by atoms with Crippen LogP contribution in [0.25, 0.3) is 0 Å². The monoisotopic (exact) mass is 498 g/mol. The molecule has 18 heavy (non-hydrogen) atoms. The van der Waals surface area contributed by atoms with E-state index in [4.69, 9.17) is 0 Å². The van der Waals surface area contributed by atoms with Gasteiger partial charge in [-0.3, -0.25) is 9.97 Å². The van der Waals surface area contributed by atoms with E-state index >= 15 is 0 Å². The fraction of sp³-hybridized carbons (Fsp3) is 0.167. The van der Waals surface area contributed by atoms with Crippen molar-refractivity contribution in [3.63, 3.8) is 0 Å². The lowest BCUT2D eigenvalue weighted by Crippen LogP contribution is -1.82. The molecule has 96 valence electrons. The molecule has 2 aromatic heterocycles. The Bertz CT molecular complexity index is 482. The largest absolute Gasteiger partial charge is 0.264 e. The number of alkyl halides is 2. The Kier molecular flexibility index (Phi) is 7.60. The fourth-order valence-corrected chi connectivity index (χ4v) is 3.15. The lowest BCUT2D eigenvalue weighted by Gasteiger charge is -2.02. The number of aryl methyl sites for hydroxylation is 1. The Morgan fingerprint density at radius 1 is 0.944 bits per heavy atom. The maximum absolute atomic E-state index is 3.94. The van der Waals surface area contributed by atoms with E-state index in [-0.39, 0.29) is 3.74 Å². The Balaban J connectivity index is 0.000000184. The van der Waals surface area contributed by atoms with Gasteiger partial charge in [0.1, 0.15) is 0 Å². The average molecular weight is 502 g/mol. The van der Waals surface area contributed by atoms with Crippen LogP contribution in [0, 0.1) is 6.92 Å². The van der Waals surface area contributed by atoms with Gasteiger partial charge < -0.3 is 0 Å². The van der Waals surface area contributed by atoms with Gasteiger partial charge in [0, 0.05) is 33.7 Å². The summed E-state index contributed by atoms with van der Waals surface area (Å²) in [5.41, 5.74) is 2.37. The summed E-state index contributed by atoms with van der Waals surface area (Å²) in [6.07, 6.45) is 7.09. The molecule has 0 spiro atoms. The van der Waals surface area contributed by atoms with Gasteiger partial charge in [0.15, 0.2) is 0 Å². The molecule has 0 saturated heterocycles. The molecule has 2 aromatic rings. The van der Waals surface area contributed by atoms with Gasteiger partial charge in [-0.25, -0.2) is 0 Å². The minimum atomic E-state index is 0.192. The molecule has 0 unspecified atom stereocenters. The summed E-state index contributed by atoms with van der Waals surface area (Å²) in [5, 5.41) is 0. The van der Waals surface area contributed by atoms with Crippen LogP contribution in [0.3, 0.4) is 0 Å². The second-order valence-corrected chi connectivity index (χ2v) is 8.09. The number of hydrogen-bond donors (Lipinski definition) is 0. The number of rotatable bonds is 1. The molecule has 0 amide bonds. The minimum Gasteiger partial charge on any atom is -0.264 e. The van der Waals surface area contributed by atoms with Crippen LogP contribution in [-0.2, 0) is 0 Å².